The van der Waals surface area contributed by atoms with Gasteiger partial charge in [-0.25, -0.2) is 0 Å². The van der Waals surface area contributed by atoms with Crippen LogP contribution in [-0.2, 0) is 22.6 Å². The van der Waals surface area contributed by atoms with Crippen LogP contribution in [0.2, 0.25) is 0 Å². The molecule has 0 aliphatic rings. The summed E-state index contributed by atoms with van der Waals surface area (Å²) in [6.45, 7) is 4.88. The van der Waals surface area contributed by atoms with Crippen LogP contribution in [0.3, 0.4) is 0 Å². The van der Waals surface area contributed by atoms with Crippen molar-refractivity contribution in [3.05, 3.63) is 65.2 Å². The fourth-order valence-electron chi connectivity index (χ4n) is 2.29. The number of carbonyl (C=O) groups excluding carboxylic acids is 1. The monoisotopic (exact) mass is 336 g/mol. The van der Waals surface area contributed by atoms with Crippen molar-refractivity contribution in [2.45, 2.75) is 39.7 Å². The Labute approximate surface area is 150 Å². The van der Waals surface area contributed by atoms with Crippen molar-refractivity contribution in [3.63, 3.8) is 0 Å². The highest BCUT2D eigenvalue weighted by Crippen LogP contribution is 2.16. The van der Waals surface area contributed by atoms with E-state index >= 15 is 0 Å². The van der Waals surface area contributed by atoms with E-state index in [9.17, 15) is 4.79 Å². The molecule has 0 heterocycles. The first-order valence-corrected chi connectivity index (χ1v) is 8.56. The lowest BCUT2D eigenvalue weighted by Crippen LogP contribution is -2.02. The van der Waals surface area contributed by atoms with Crippen molar-refractivity contribution in [1.29, 1.82) is 0 Å². The Bertz CT molecular complexity index is 736. The molecule has 0 bridgehead atoms. The lowest BCUT2D eigenvalue weighted by molar-refractivity contribution is -0.142. The van der Waals surface area contributed by atoms with Crippen molar-refractivity contribution >= 4 is 5.97 Å². The summed E-state index contributed by atoms with van der Waals surface area (Å²) < 4.78 is 10.7. The van der Waals surface area contributed by atoms with Gasteiger partial charge >= 0.3 is 5.97 Å². The number of rotatable bonds is 7. The Morgan fingerprint density at radius 2 is 1.80 bits per heavy atom. The fraction of sp³-hybridized carbons (Fsp3) is 0.318. The van der Waals surface area contributed by atoms with Crippen molar-refractivity contribution in [2.75, 3.05) is 6.61 Å². The second kappa shape index (κ2) is 10.2. The van der Waals surface area contributed by atoms with E-state index in [0.717, 1.165) is 11.3 Å². The highest BCUT2D eigenvalue weighted by Gasteiger charge is 2.00. The number of ether oxygens (including phenoxy) is 2. The second-order valence-electron chi connectivity index (χ2n) is 5.69. The number of benzene rings is 2. The average molecular weight is 336 g/mol. The average Bonchev–Trinajstić information content (AvgIpc) is 2.62. The molecule has 25 heavy (non-hydrogen) atoms. The summed E-state index contributed by atoms with van der Waals surface area (Å²) in [5.74, 6) is 6.76. The molecule has 0 amide bonds. The maximum absolute atomic E-state index is 11.2. The molecule has 2 aromatic carbocycles. The molecule has 0 unspecified atom stereocenters. The third-order valence-electron chi connectivity index (χ3n) is 3.76. The van der Waals surface area contributed by atoms with Gasteiger partial charge in [-0.05, 0) is 42.7 Å². The van der Waals surface area contributed by atoms with Gasteiger partial charge in [-0.2, -0.15) is 0 Å². The van der Waals surface area contributed by atoms with E-state index < -0.39 is 0 Å². The highest BCUT2D eigenvalue weighted by molar-refractivity contribution is 5.69. The van der Waals surface area contributed by atoms with Crippen LogP contribution in [-0.4, -0.2) is 12.6 Å². The lowest BCUT2D eigenvalue weighted by atomic mass is 10.1. The van der Waals surface area contributed by atoms with Crippen LogP contribution >= 0.6 is 0 Å². The molecule has 2 rings (SSSR count). The van der Waals surface area contributed by atoms with E-state index in [2.05, 4.69) is 30.9 Å². The van der Waals surface area contributed by atoms with Crippen molar-refractivity contribution in [3.8, 4) is 17.6 Å². The summed E-state index contributed by atoms with van der Waals surface area (Å²) in [5.41, 5.74) is 3.56. The third kappa shape index (κ3) is 6.73. The number of hydrogen-bond acceptors (Lipinski definition) is 3. The molecule has 0 saturated carbocycles. The molecule has 0 fully saturated rings. The largest absolute Gasteiger partial charge is 0.489 e. The van der Waals surface area contributed by atoms with Crippen molar-refractivity contribution in [2.24, 2.45) is 0 Å². The molecule has 0 N–H and O–H groups in total. The van der Waals surface area contributed by atoms with Crippen molar-refractivity contribution in [1.82, 2.24) is 0 Å². The zero-order chi connectivity index (χ0) is 17.9. The predicted octanol–water partition coefficient (Wildman–Crippen LogP) is 4.46. The molecule has 0 saturated heterocycles. The number of aryl methyl sites for hydroxylation is 1. The Hall–Kier alpha value is -2.73. The summed E-state index contributed by atoms with van der Waals surface area (Å²) in [7, 11) is 0. The summed E-state index contributed by atoms with van der Waals surface area (Å²) in [6, 6.07) is 16.2. The first-order chi connectivity index (χ1) is 12.2. The van der Waals surface area contributed by atoms with E-state index in [0.29, 0.717) is 32.5 Å². The Morgan fingerprint density at radius 3 is 2.52 bits per heavy atom. The van der Waals surface area contributed by atoms with Crippen LogP contribution in [0, 0.1) is 18.8 Å². The highest BCUT2D eigenvalue weighted by atomic mass is 16.5. The summed E-state index contributed by atoms with van der Waals surface area (Å²) in [6.07, 6.45) is 1.56. The molecule has 0 aromatic heterocycles. The minimum Gasteiger partial charge on any atom is -0.489 e. The minimum atomic E-state index is -0.188. The van der Waals surface area contributed by atoms with Gasteiger partial charge in [-0.3, -0.25) is 4.79 Å². The molecule has 2 aromatic rings. The molecule has 0 aliphatic heterocycles. The third-order valence-corrected chi connectivity index (χ3v) is 3.76. The molecule has 130 valence electrons. The number of esters is 1. The van der Waals surface area contributed by atoms with Crippen LogP contribution in [0.15, 0.2) is 48.5 Å². The quantitative estimate of drug-likeness (QED) is 0.553. The Kier molecular flexibility index (Phi) is 7.59. The van der Waals surface area contributed by atoms with Crippen LogP contribution in [0.4, 0.5) is 0 Å². The van der Waals surface area contributed by atoms with E-state index in [1.165, 1.54) is 11.1 Å². The summed E-state index contributed by atoms with van der Waals surface area (Å²) in [4.78, 5) is 11.2. The van der Waals surface area contributed by atoms with Crippen molar-refractivity contribution < 1.29 is 14.3 Å². The molecule has 0 radical (unpaired) electrons. The minimum absolute atomic E-state index is 0.188. The lowest BCUT2D eigenvalue weighted by Gasteiger charge is -2.08. The number of carbonyl (C=O) groups is 1. The van der Waals surface area contributed by atoms with Gasteiger partial charge in [0.1, 0.15) is 12.4 Å². The van der Waals surface area contributed by atoms with Gasteiger partial charge in [0.2, 0.25) is 0 Å². The van der Waals surface area contributed by atoms with Gasteiger partial charge in [0.25, 0.3) is 0 Å². The summed E-state index contributed by atoms with van der Waals surface area (Å²) >= 11 is 0. The van der Waals surface area contributed by atoms with E-state index in [1.807, 2.05) is 36.4 Å². The normalized spacial score (nSPS) is 9.84. The number of hydrogen-bond donors (Lipinski definition) is 0. The van der Waals surface area contributed by atoms with Crippen LogP contribution < -0.4 is 4.74 Å². The first kappa shape index (κ1) is 18.6. The van der Waals surface area contributed by atoms with Crippen LogP contribution in [0.1, 0.15) is 36.5 Å². The van der Waals surface area contributed by atoms with E-state index in [-0.39, 0.29) is 5.97 Å². The summed E-state index contributed by atoms with van der Waals surface area (Å²) in [5, 5.41) is 0. The molecule has 0 atom stereocenters. The molecule has 0 spiro atoms. The first-order valence-electron chi connectivity index (χ1n) is 8.56. The molecule has 0 aliphatic carbocycles. The van der Waals surface area contributed by atoms with Gasteiger partial charge < -0.3 is 9.47 Å². The second-order valence-corrected chi connectivity index (χ2v) is 5.69. The maximum atomic E-state index is 11.2. The van der Waals surface area contributed by atoms with Crippen LogP contribution in [0.25, 0.3) is 0 Å². The molecule has 3 nitrogen and oxygen atoms in total. The van der Waals surface area contributed by atoms with Gasteiger partial charge in [0, 0.05) is 12.8 Å². The zero-order valence-electron chi connectivity index (χ0n) is 14.9. The van der Waals surface area contributed by atoms with E-state index in [1.54, 1.807) is 6.92 Å². The standard InChI is InChI=1S/C22H24O3/c1-3-24-22(23)12-6-4-5-10-19-13-15-21(16-14-19)25-17-20-11-8-7-9-18(20)2/h7-9,11,13-16H,3,6,10,12,17H2,1-2H3. The van der Waals surface area contributed by atoms with Gasteiger partial charge in [0.05, 0.1) is 13.0 Å². The predicted molar refractivity (Wildman–Crippen MR) is 99.3 cm³/mol. The van der Waals surface area contributed by atoms with Gasteiger partial charge in [-0.1, -0.05) is 42.3 Å². The zero-order valence-corrected chi connectivity index (χ0v) is 14.9. The molecular weight excluding hydrogens is 312 g/mol. The smallest absolute Gasteiger partial charge is 0.306 e. The Morgan fingerprint density at radius 1 is 1.04 bits per heavy atom. The SMILES string of the molecule is CCOC(=O)CCC#CCc1ccc(OCc2ccccc2C)cc1. The molecule has 3 heteroatoms. The van der Waals surface area contributed by atoms with E-state index in [4.69, 9.17) is 9.47 Å². The van der Waals surface area contributed by atoms with Gasteiger partial charge in [-0.15, -0.1) is 5.92 Å². The molecular formula is C22H24O3. The topological polar surface area (TPSA) is 35.5 Å². The Balaban J connectivity index is 1.76. The maximum Gasteiger partial charge on any atom is 0.306 e. The van der Waals surface area contributed by atoms with Gasteiger partial charge in [0.15, 0.2) is 0 Å². The fourth-order valence-corrected chi connectivity index (χ4v) is 2.29. The van der Waals surface area contributed by atoms with Crippen LogP contribution in [0.5, 0.6) is 5.75 Å².